The summed E-state index contributed by atoms with van der Waals surface area (Å²) in [6, 6.07) is 0.187. The fourth-order valence-electron chi connectivity index (χ4n) is 1.13. The average Bonchev–Trinajstić information content (AvgIpc) is 2.72. The molecule has 0 saturated carbocycles. The van der Waals surface area contributed by atoms with Gasteiger partial charge in [-0.3, -0.25) is 0 Å². The van der Waals surface area contributed by atoms with Gasteiger partial charge in [-0.15, -0.1) is 11.3 Å². The number of anilines is 1. The molecule has 0 fully saturated rings. The van der Waals surface area contributed by atoms with Crippen molar-refractivity contribution in [3.8, 4) is 0 Å². The summed E-state index contributed by atoms with van der Waals surface area (Å²) in [7, 11) is 0. The van der Waals surface area contributed by atoms with Crippen molar-refractivity contribution in [3.63, 3.8) is 0 Å². The van der Waals surface area contributed by atoms with Crippen LogP contribution in [0.3, 0.4) is 0 Å². The molecule has 0 bridgehead atoms. The van der Waals surface area contributed by atoms with Gasteiger partial charge in [-0.25, -0.2) is 15.0 Å². The van der Waals surface area contributed by atoms with E-state index in [-0.39, 0.29) is 6.04 Å². The molecule has 1 N–H and O–H groups in total. The number of rotatable bonds is 3. The largest absolute Gasteiger partial charge is 0.374 e. The van der Waals surface area contributed by atoms with E-state index in [1.807, 2.05) is 10.9 Å². The van der Waals surface area contributed by atoms with Crippen LogP contribution in [0.5, 0.6) is 0 Å². The van der Waals surface area contributed by atoms with Gasteiger partial charge >= 0.3 is 0 Å². The summed E-state index contributed by atoms with van der Waals surface area (Å²) in [5.74, 6) is 0. The van der Waals surface area contributed by atoms with E-state index in [0.717, 1.165) is 11.4 Å². The molecule has 1 atom stereocenters. The molecule has 0 spiro atoms. The summed E-state index contributed by atoms with van der Waals surface area (Å²) in [4.78, 5) is 12.1. The van der Waals surface area contributed by atoms with Crippen LogP contribution < -0.4 is 5.32 Å². The fraction of sp³-hybridized carbons (Fsp3) is 0.222. The van der Waals surface area contributed by atoms with E-state index in [9.17, 15) is 0 Å². The van der Waals surface area contributed by atoms with Crippen molar-refractivity contribution in [2.24, 2.45) is 0 Å². The quantitative estimate of drug-likeness (QED) is 0.835. The van der Waals surface area contributed by atoms with Crippen LogP contribution in [0.25, 0.3) is 0 Å². The van der Waals surface area contributed by atoms with Crippen molar-refractivity contribution in [2.75, 3.05) is 5.32 Å². The molecule has 0 saturated heterocycles. The first-order chi connectivity index (χ1) is 6.86. The Morgan fingerprint density at radius 2 is 2.14 bits per heavy atom. The molecule has 0 aliphatic rings. The van der Waals surface area contributed by atoms with Gasteiger partial charge in [0, 0.05) is 5.38 Å². The topological polar surface area (TPSA) is 50.7 Å². The van der Waals surface area contributed by atoms with Gasteiger partial charge < -0.3 is 5.32 Å². The Morgan fingerprint density at radius 1 is 1.36 bits per heavy atom. The summed E-state index contributed by atoms with van der Waals surface area (Å²) < 4.78 is 0. The molecule has 0 aliphatic carbocycles. The number of thiazole rings is 1. The van der Waals surface area contributed by atoms with Gasteiger partial charge in [0.25, 0.3) is 0 Å². The fourth-order valence-corrected chi connectivity index (χ4v) is 1.78. The first kappa shape index (κ1) is 9.08. The lowest BCUT2D eigenvalue weighted by Gasteiger charge is -2.11. The van der Waals surface area contributed by atoms with Crippen molar-refractivity contribution in [1.82, 2.24) is 15.0 Å². The lowest BCUT2D eigenvalue weighted by atomic mass is 10.2. The minimum absolute atomic E-state index is 0.187. The van der Waals surface area contributed by atoms with Crippen LogP contribution in [0.2, 0.25) is 0 Å². The van der Waals surface area contributed by atoms with Gasteiger partial charge in [0.1, 0.15) is 6.33 Å². The highest BCUT2D eigenvalue weighted by Gasteiger charge is 2.06. The van der Waals surface area contributed by atoms with Crippen LogP contribution in [0, 0.1) is 0 Å². The van der Waals surface area contributed by atoms with E-state index in [1.165, 1.54) is 6.33 Å². The number of nitrogens with one attached hydrogen (secondary N) is 1. The van der Waals surface area contributed by atoms with Crippen LogP contribution >= 0.6 is 11.3 Å². The molecular formula is C9H10N4S. The van der Waals surface area contributed by atoms with Gasteiger partial charge in [0.15, 0.2) is 0 Å². The lowest BCUT2D eigenvalue weighted by Crippen LogP contribution is -2.07. The molecule has 14 heavy (non-hydrogen) atoms. The van der Waals surface area contributed by atoms with Crippen molar-refractivity contribution in [2.45, 2.75) is 13.0 Å². The molecule has 0 amide bonds. The van der Waals surface area contributed by atoms with Gasteiger partial charge in [-0.2, -0.15) is 0 Å². The van der Waals surface area contributed by atoms with E-state index in [1.54, 1.807) is 23.7 Å². The SMILES string of the molecule is CC(Nc1cncnc1)c1cscn1. The third-order valence-corrected chi connectivity index (χ3v) is 2.44. The van der Waals surface area contributed by atoms with Crippen LogP contribution in [0.1, 0.15) is 18.7 Å². The van der Waals surface area contributed by atoms with Crippen LogP contribution in [0.15, 0.2) is 29.6 Å². The maximum absolute atomic E-state index is 4.23. The molecule has 4 nitrogen and oxygen atoms in total. The second-order valence-corrected chi connectivity index (χ2v) is 3.63. The van der Waals surface area contributed by atoms with Crippen LogP contribution in [-0.4, -0.2) is 15.0 Å². The predicted octanol–water partition coefficient (Wildman–Crippen LogP) is 2.11. The summed E-state index contributed by atoms with van der Waals surface area (Å²) in [6.45, 7) is 2.06. The highest BCUT2D eigenvalue weighted by atomic mass is 32.1. The lowest BCUT2D eigenvalue weighted by molar-refractivity contribution is 0.846. The summed E-state index contributed by atoms with van der Waals surface area (Å²) in [6.07, 6.45) is 5.00. The van der Waals surface area contributed by atoms with Crippen LogP contribution in [-0.2, 0) is 0 Å². The summed E-state index contributed by atoms with van der Waals surface area (Å²) in [5.41, 5.74) is 3.78. The van der Waals surface area contributed by atoms with E-state index in [4.69, 9.17) is 0 Å². The maximum atomic E-state index is 4.23. The smallest absolute Gasteiger partial charge is 0.115 e. The molecule has 1 unspecified atom stereocenters. The van der Waals surface area contributed by atoms with E-state index < -0.39 is 0 Å². The van der Waals surface area contributed by atoms with Crippen LogP contribution in [0.4, 0.5) is 5.69 Å². The first-order valence-electron chi connectivity index (χ1n) is 4.26. The molecule has 2 aromatic heterocycles. The third kappa shape index (κ3) is 2.05. The van der Waals surface area contributed by atoms with Crippen molar-refractivity contribution >= 4 is 17.0 Å². The molecule has 2 heterocycles. The van der Waals surface area contributed by atoms with Crippen molar-refractivity contribution in [3.05, 3.63) is 35.3 Å². The minimum atomic E-state index is 0.187. The molecular weight excluding hydrogens is 196 g/mol. The Kier molecular flexibility index (Phi) is 2.69. The Morgan fingerprint density at radius 3 is 2.79 bits per heavy atom. The molecule has 0 radical (unpaired) electrons. The van der Waals surface area contributed by atoms with Crippen molar-refractivity contribution in [1.29, 1.82) is 0 Å². The van der Waals surface area contributed by atoms with E-state index >= 15 is 0 Å². The Hall–Kier alpha value is -1.49. The first-order valence-corrected chi connectivity index (χ1v) is 5.20. The molecule has 5 heteroatoms. The number of hydrogen-bond donors (Lipinski definition) is 1. The monoisotopic (exact) mass is 206 g/mol. The van der Waals surface area contributed by atoms with Crippen molar-refractivity contribution < 1.29 is 0 Å². The Labute approximate surface area is 86.1 Å². The second-order valence-electron chi connectivity index (χ2n) is 2.91. The highest BCUT2D eigenvalue weighted by Crippen LogP contribution is 2.17. The predicted molar refractivity (Wildman–Crippen MR) is 56.2 cm³/mol. The normalized spacial score (nSPS) is 12.4. The zero-order chi connectivity index (χ0) is 9.80. The van der Waals surface area contributed by atoms with Gasteiger partial charge in [0.2, 0.25) is 0 Å². The molecule has 0 aromatic carbocycles. The van der Waals surface area contributed by atoms with Gasteiger partial charge in [-0.1, -0.05) is 0 Å². The molecule has 0 aliphatic heterocycles. The Bertz CT molecular complexity index is 373. The molecule has 72 valence electrons. The van der Waals surface area contributed by atoms with Gasteiger partial charge in [0.05, 0.1) is 35.3 Å². The third-order valence-electron chi connectivity index (χ3n) is 1.84. The van der Waals surface area contributed by atoms with Gasteiger partial charge in [-0.05, 0) is 6.92 Å². The second kappa shape index (κ2) is 4.15. The zero-order valence-electron chi connectivity index (χ0n) is 7.71. The molecule has 2 aromatic rings. The maximum Gasteiger partial charge on any atom is 0.115 e. The number of aromatic nitrogens is 3. The zero-order valence-corrected chi connectivity index (χ0v) is 8.53. The standard InChI is InChI=1S/C9H10N4S/c1-7(9-4-14-6-12-9)13-8-2-10-5-11-3-8/h2-7,13H,1H3. The Balaban J connectivity index is 2.06. The number of nitrogens with zero attached hydrogens (tertiary/aromatic N) is 3. The number of hydrogen-bond acceptors (Lipinski definition) is 5. The average molecular weight is 206 g/mol. The summed E-state index contributed by atoms with van der Waals surface area (Å²) in [5, 5.41) is 5.29. The van der Waals surface area contributed by atoms with E-state index in [0.29, 0.717) is 0 Å². The molecule has 2 rings (SSSR count). The highest BCUT2D eigenvalue weighted by molar-refractivity contribution is 7.07. The summed E-state index contributed by atoms with van der Waals surface area (Å²) >= 11 is 1.60. The minimum Gasteiger partial charge on any atom is -0.374 e. The van der Waals surface area contributed by atoms with E-state index in [2.05, 4.69) is 27.2 Å².